The molecule has 0 unspecified atom stereocenters. The highest BCUT2D eigenvalue weighted by Crippen LogP contribution is 2.37. The van der Waals surface area contributed by atoms with E-state index in [2.05, 4.69) is 10.2 Å². The fraction of sp³-hybridized carbons (Fsp3) is 0.182. The van der Waals surface area contributed by atoms with Gasteiger partial charge in [-0.05, 0) is 18.2 Å². The molecule has 2 N–H and O–H groups in total. The first-order valence-corrected chi connectivity index (χ1v) is 6.04. The summed E-state index contributed by atoms with van der Waals surface area (Å²) in [6.45, 7) is -0.177. The molecule has 1 aromatic carbocycles. The Hall–Kier alpha value is -2.34. The van der Waals surface area contributed by atoms with Crippen molar-refractivity contribution in [3.8, 4) is 11.8 Å². The van der Waals surface area contributed by atoms with Gasteiger partial charge in [0.15, 0.2) is 5.01 Å². The Kier molecular flexibility index (Phi) is 3.76. The summed E-state index contributed by atoms with van der Waals surface area (Å²) in [6.07, 6.45) is -4.61. The third-order valence-corrected chi connectivity index (χ3v) is 2.97. The second-order valence-corrected chi connectivity index (χ2v) is 4.74. The van der Waals surface area contributed by atoms with E-state index in [-0.39, 0.29) is 23.1 Å². The van der Waals surface area contributed by atoms with Crippen molar-refractivity contribution in [1.29, 1.82) is 5.26 Å². The van der Waals surface area contributed by atoms with Gasteiger partial charge in [-0.3, -0.25) is 0 Å². The SMILES string of the molecule is N#Cc1ccc(OCc2nnc(N)s2)c(C(F)(F)F)c1. The summed E-state index contributed by atoms with van der Waals surface area (Å²) in [5.41, 5.74) is 4.26. The highest BCUT2D eigenvalue weighted by atomic mass is 32.1. The molecule has 9 heteroatoms. The van der Waals surface area contributed by atoms with E-state index >= 15 is 0 Å². The van der Waals surface area contributed by atoms with E-state index in [4.69, 9.17) is 15.7 Å². The molecule has 0 atom stereocenters. The molecule has 1 heterocycles. The highest BCUT2D eigenvalue weighted by molar-refractivity contribution is 7.15. The number of benzene rings is 1. The van der Waals surface area contributed by atoms with Crippen molar-refractivity contribution in [3.05, 3.63) is 34.3 Å². The molecule has 1 aromatic heterocycles. The molecule has 0 aliphatic carbocycles. The summed E-state index contributed by atoms with van der Waals surface area (Å²) < 4.78 is 43.7. The predicted molar refractivity (Wildman–Crippen MR) is 64.8 cm³/mol. The largest absolute Gasteiger partial charge is 0.486 e. The Bertz CT molecular complexity index is 662. The molecule has 104 valence electrons. The lowest BCUT2D eigenvalue weighted by Gasteiger charge is -2.13. The zero-order valence-electron chi connectivity index (χ0n) is 9.81. The van der Waals surface area contributed by atoms with Crippen LogP contribution in [-0.2, 0) is 12.8 Å². The van der Waals surface area contributed by atoms with Crippen LogP contribution in [0.5, 0.6) is 5.75 Å². The fourth-order valence-corrected chi connectivity index (χ4v) is 1.93. The average molecular weight is 300 g/mol. The first-order chi connectivity index (χ1) is 9.40. The Balaban J connectivity index is 2.25. The van der Waals surface area contributed by atoms with Crippen LogP contribution >= 0.6 is 11.3 Å². The Morgan fingerprint density at radius 2 is 2.10 bits per heavy atom. The fourth-order valence-electron chi connectivity index (χ4n) is 1.41. The number of ether oxygens (including phenoxy) is 1. The van der Waals surface area contributed by atoms with Crippen molar-refractivity contribution in [3.63, 3.8) is 0 Å². The lowest BCUT2D eigenvalue weighted by Crippen LogP contribution is -2.09. The molecule has 2 rings (SSSR count). The first-order valence-electron chi connectivity index (χ1n) is 5.22. The van der Waals surface area contributed by atoms with Crippen LogP contribution in [0.1, 0.15) is 16.1 Å². The van der Waals surface area contributed by atoms with Gasteiger partial charge in [-0.1, -0.05) is 11.3 Å². The van der Waals surface area contributed by atoms with Crippen molar-refractivity contribution >= 4 is 16.5 Å². The van der Waals surface area contributed by atoms with E-state index in [1.54, 1.807) is 6.07 Å². The maximum Gasteiger partial charge on any atom is 0.420 e. The Morgan fingerprint density at radius 3 is 2.65 bits per heavy atom. The summed E-state index contributed by atoms with van der Waals surface area (Å²) in [5, 5.41) is 16.4. The second-order valence-electron chi connectivity index (χ2n) is 3.64. The van der Waals surface area contributed by atoms with E-state index in [1.165, 1.54) is 6.07 Å². The lowest BCUT2D eigenvalue weighted by atomic mass is 10.1. The molecular weight excluding hydrogens is 293 g/mol. The van der Waals surface area contributed by atoms with E-state index in [0.29, 0.717) is 5.01 Å². The number of nitriles is 1. The number of alkyl halides is 3. The minimum atomic E-state index is -4.61. The van der Waals surface area contributed by atoms with E-state index in [9.17, 15) is 13.2 Å². The molecule has 0 amide bonds. The van der Waals surface area contributed by atoms with Crippen LogP contribution in [0, 0.1) is 11.3 Å². The molecule has 0 bridgehead atoms. The minimum absolute atomic E-state index is 0.0927. The summed E-state index contributed by atoms with van der Waals surface area (Å²) >= 11 is 1.02. The molecular formula is C11H7F3N4OS. The molecule has 0 saturated heterocycles. The van der Waals surface area contributed by atoms with Gasteiger partial charge in [0.2, 0.25) is 5.13 Å². The quantitative estimate of drug-likeness (QED) is 0.941. The van der Waals surface area contributed by atoms with Gasteiger partial charge in [-0.15, -0.1) is 10.2 Å². The molecule has 0 saturated carbocycles. The van der Waals surface area contributed by atoms with Crippen LogP contribution in [0.15, 0.2) is 18.2 Å². The number of nitrogen functional groups attached to an aromatic ring is 1. The van der Waals surface area contributed by atoms with Crippen molar-refractivity contribution < 1.29 is 17.9 Å². The van der Waals surface area contributed by atoms with Gasteiger partial charge in [-0.2, -0.15) is 18.4 Å². The number of hydrogen-bond donors (Lipinski definition) is 1. The Labute approximate surface area is 115 Å². The lowest BCUT2D eigenvalue weighted by molar-refractivity contribution is -0.139. The summed E-state index contributed by atoms with van der Waals surface area (Å²) in [6, 6.07) is 4.74. The van der Waals surface area contributed by atoms with Crippen LogP contribution in [0.3, 0.4) is 0 Å². The van der Waals surface area contributed by atoms with Gasteiger partial charge >= 0.3 is 6.18 Å². The topological polar surface area (TPSA) is 84.8 Å². The van der Waals surface area contributed by atoms with Crippen LogP contribution in [-0.4, -0.2) is 10.2 Å². The molecule has 0 fully saturated rings. The maximum absolute atomic E-state index is 12.9. The summed E-state index contributed by atoms with van der Waals surface area (Å²) in [5.74, 6) is -0.370. The number of nitrogens with two attached hydrogens (primary N) is 1. The second kappa shape index (κ2) is 5.34. The summed E-state index contributed by atoms with van der Waals surface area (Å²) in [4.78, 5) is 0. The molecule has 0 aliphatic heterocycles. The first kappa shape index (κ1) is 14.1. The molecule has 20 heavy (non-hydrogen) atoms. The van der Waals surface area contributed by atoms with Gasteiger partial charge in [0.1, 0.15) is 12.4 Å². The van der Waals surface area contributed by atoms with Crippen molar-refractivity contribution in [2.45, 2.75) is 12.8 Å². The van der Waals surface area contributed by atoms with Gasteiger partial charge in [-0.25, -0.2) is 0 Å². The van der Waals surface area contributed by atoms with Crippen LogP contribution < -0.4 is 10.5 Å². The molecule has 0 aliphatic rings. The number of anilines is 1. The van der Waals surface area contributed by atoms with Gasteiger partial charge in [0.25, 0.3) is 0 Å². The number of hydrogen-bond acceptors (Lipinski definition) is 6. The number of halogens is 3. The van der Waals surface area contributed by atoms with Crippen LogP contribution in [0.25, 0.3) is 0 Å². The molecule has 0 radical (unpaired) electrons. The van der Waals surface area contributed by atoms with E-state index < -0.39 is 11.7 Å². The van der Waals surface area contributed by atoms with Gasteiger partial charge in [0.05, 0.1) is 17.2 Å². The number of nitrogens with zero attached hydrogens (tertiary/aromatic N) is 3. The summed E-state index contributed by atoms with van der Waals surface area (Å²) in [7, 11) is 0. The van der Waals surface area contributed by atoms with Gasteiger partial charge in [0, 0.05) is 0 Å². The monoisotopic (exact) mass is 300 g/mol. The zero-order chi connectivity index (χ0) is 14.8. The van der Waals surface area contributed by atoms with E-state index in [1.807, 2.05) is 0 Å². The minimum Gasteiger partial charge on any atom is -0.486 e. The zero-order valence-corrected chi connectivity index (χ0v) is 10.6. The third kappa shape index (κ3) is 3.16. The predicted octanol–water partition coefficient (Wildman–Crippen LogP) is 2.59. The number of rotatable bonds is 3. The smallest absolute Gasteiger partial charge is 0.420 e. The number of aromatic nitrogens is 2. The standard InChI is InChI=1S/C11H7F3N4OS/c12-11(13,14)7-3-6(4-15)1-2-8(7)19-5-9-17-18-10(16)20-9/h1-3H,5H2,(H2,16,18). The highest BCUT2D eigenvalue weighted by Gasteiger charge is 2.34. The molecule has 0 spiro atoms. The van der Waals surface area contributed by atoms with Crippen molar-refractivity contribution in [2.75, 3.05) is 5.73 Å². The van der Waals surface area contributed by atoms with Crippen LogP contribution in [0.2, 0.25) is 0 Å². The van der Waals surface area contributed by atoms with Gasteiger partial charge < -0.3 is 10.5 Å². The maximum atomic E-state index is 12.9. The van der Waals surface area contributed by atoms with E-state index in [0.717, 1.165) is 23.5 Å². The molecule has 2 aromatic rings. The van der Waals surface area contributed by atoms with Crippen molar-refractivity contribution in [2.24, 2.45) is 0 Å². The van der Waals surface area contributed by atoms with Crippen LogP contribution in [0.4, 0.5) is 18.3 Å². The molecule has 5 nitrogen and oxygen atoms in total. The Morgan fingerprint density at radius 1 is 1.35 bits per heavy atom. The normalized spacial score (nSPS) is 11.1. The van der Waals surface area contributed by atoms with Crippen molar-refractivity contribution in [1.82, 2.24) is 10.2 Å². The third-order valence-electron chi connectivity index (χ3n) is 2.25. The average Bonchev–Trinajstić information content (AvgIpc) is 2.81.